The van der Waals surface area contributed by atoms with Crippen LogP contribution in [0.15, 0.2) is 54.6 Å². The van der Waals surface area contributed by atoms with Crippen molar-refractivity contribution in [1.29, 1.82) is 0 Å². The van der Waals surface area contributed by atoms with Gasteiger partial charge in [0.2, 0.25) is 5.91 Å². The maximum atomic E-state index is 11.9. The number of anilines is 1. The second-order valence-corrected chi connectivity index (χ2v) is 6.88. The molecule has 2 N–H and O–H groups in total. The molecule has 0 aliphatic carbocycles. The second kappa shape index (κ2) is 12.1. The highest BCUT2D eigenvalue weighted by molar-refractivity contribution is 7.80. The lowest BCUT2D eigenvalue weighted by atomic mass is 10.1. The number of thiocarbonyl (C=S) groups is 1. The molecule has 0 unspecified atom stereocenters. The molecule has 5 heteroatoms. The van der Waals surface area contributed by atoms with Gasteiger partial charge in [-0.2, -0.15) is 0 Å². The highest BCUT2D eigenvalue weighted by Gasteiger charge is 2.05. The minimum atomic E-state index is -0.0412. The number of nitrogens with one attached hydrogen (secondary N) is 2. The van der Waals surface area contributed by atoms with Crippen LogP contribution in [0.4, 0.5) is 5.69 Å². The molecule has 0 spiro atoms. The Kier molecular flexibility index (Phi) is 9.35. The Morgan fingerprint density at radius 1 is 1.00 bits per heavy atom. The molecule has 0 bridgehead atoms. The van der Waals surface area contributed by atoms with E-state index in [-0.39, 0.29) is 5.91 Å². The van der Waals surface area contributed by atoms with E-state index in [2.05, 4.69) is 17.6 Å². The zero-order chi connectivity index (χ0) is 19.3. The van der Waals surface area contributed by atoms with E-state index in [1.807, 2.05) is 54.6 Å². The molecular formula is C22H28N2O2S. The Bertz CT molecular complexity index is 719. The minimum Gasteiger partial charge on any atom is -0.489 e. The van der Waals surface area contributed by atoms with Gasteiger partial charge in [0.05, 0.1) is 0 Å². The van der Waals surface area contributed by atoms with Crippen molar-refractivity contribution in [3.05, 3.63) is 60.2 Å². The van der Waals surface area contributed by atoms with E-state index in [0.29, 0.717) is 18.1 Å². The average Bonchev–Trinajstić information content (AvgIpc) is 2.67. The van der Waals surface area contributed by atoms with E-state index < -0.39 is 0 Å². The van der Waals surface area contributed by atoms with Gasteiger partial charge in [0.1, 0.15) is 12.4 Å². The van der Waals surface area contributed by atoms with Gasteiger partial charge in [0, 0.05) is 18.2 Å². The van der Waals surface area contributed by atoms with Crippen LogP contribution < -0.4 is 15.4 Å². The van der Waals surface area contributed by atoms with Gasteiger partial charge in [0.15, 0.2) is 5.11 Å². The normalized spacial score (nSPS) is 10.3. The number of benzene rings is 2. The molecule has 0 saturated carbocycles. The molecular weight excluding hydrogens is 356 g/mol. The van der Waals surface area contributed by atoms with Gasteiger partial charge in [-0.25, -0.2) is 0 Å². The van der Waals surface area contributed by atoms with Gasteiger partial charge in [0.25, 0.3) is 0 Å². The third-order valence-corrected chi connectivity index (χ3v) is 4.30. The molecule has 0 aliphatic heterocycles. The molecule has 4 nitrogen and oxygen atoms in total. The monoisotopic (exact) mass is 384 g/mol. The van der Waals surface area contributed by atoms with E-state index in [9.17, 15) is 4.79 Å². The largest absolute Gasteiger partial charge is 0.489 e. The standard InChI is InChI=1S/C22H28N2O2S/c1-2-3-4-5-9-15-21(25)24-22(27)23-19-13-10-14-20(16-19)26-17-18-11-7-6-8-12-18/h6-8,10-14,16H,2-5,9,15,17H2,1H3,(H2,23,24,25,27). The number of carbonyl (C=O) groups excluding carboxylic acids is 1. The van der Waals surface area contributed by atoms with Gasteiger partial charge in [-0.05, 0) is 36.3 Å². The highest BCUT2D eigenvalue weighted by atomic mass is 32.1. The van der Waals surface area contributed by atoms with Crippen LogP contribution in [0.2, 0.25) is 0 Å². The summed E-state index contributed by atoms with van der Waals surface area (Å²) in [4.78, 5) is 11.9. The molecule has 2 rings (SSSR count). The summed E-state index contributed by atoms with van der Waals surface area (Å²) in [5.41, 5.74) is 1.89. The summed E-state index contributed by atoms with van der Waals surface area (Å²) < 4.78 is 5.81. The summed E-state index contributed by atoms with van der Waals surface area (Å²) >= 11 is 5.23. The smallest absolute Gasteiger partial charge is 0.226 e. The van der Waals surface area contributed by atoms with E-state index in [1.54, 1.807) is 0 Å². The fourth-order valence-electron chi connectivity index (χ4n) is 2.65. The summed E-state index contributed by atoms with van der Waals surface area (Å²) in [7, 11) is 0. The molecule has 0 atom stereocenters. The maximum Gasteiger partial charge on any atom is 0.226 e. The molecule has 0 fully saturated rings. The van der Waals surface area contributed by atoms with Gasteiger partial charge in [-0.15, -0.1) is 0 Å². The number of hydrogen-bond donors (Lipinski definition) is 2. The van der Waals surface area contributed by atoms with E-state index in [4.69, 9.17) is 17.0 Å². The Balaban J connectivity index is 1.74. The Hall–Kier alpha value is -2.40. The van der Waals surface area contributed by atoms with Crippen molar-refractivity contribution in [2.24, 2.45) is 0 Å². The highest BCUT2D eigenvalue weighted by Crippen LogP contribution is 2.18. The first kappa shape index (κ1) is 20.9. The molecule has 0 aliphatic rings. The van der Waals surface area contributed by atoms with Crippen LogP contribution in [0.1, 0.15) is 51.0 Å². The molecule has 0 radical (unpaired) electrons. The second-order valence-electron chi connectivity index (χ2n) is 6.47. The van der Waals surface area contributed by atoms with Gasteiger partial charge in [-0.1, -0.05) is 69.0 Å². The van der Waals surface area contributed by atoms with Crippen molar-refractivity contribution < 1.29 is 9.53 Å². The molecule has 1 amide bonds. The zero-order valence-corrected chi connectivity index (χ0v) is 16.7. The average molecular weight is 385 g/mol. The molecule has 2 aromatic carbocycles. The van der Waals surface area contributed by atoms with E-state index >= 15 is 0 Å². The molecule has 0 heterocycles. The number of rotatable bonds is 10. The molecule has 144 valence electrons. The number of hydrogen-bond acceptors (Lipinski definition) is 3. The van der Waals surface area contributed by atoms with E-state index in [0.717, 1.165) is 29.8 Å². The van der Waals surface area contributed by atoms with Crippen molar-refractivity contribution >= 4 is 28.9 Å². The third kappa shape index (κ3) is 8.69. The molecule has 0 aromatic heterocycles. The lowest BCUT2D eigenvalue weighted by molar-refractivity contribution is -0.119. The van der Waals surface area contributed by atoms with Gasteiger partial charge >= 0.3 is 0 Å². The van der Waals surface area contributed by atoms with Gasteiger partial charge in [-0.3, -0.25) is 4.79 Å². The van der Waals surface area contributed by atoms with Crippen molar-refractivity contribution in [2.75, 3.05) is 5.32 Å². The summed E-state index contributed by atoms with van der Waals surface area (Å²) in [5.74, 6) is 0.703. The van der Waals surface area contributed by atoms with Crippen LogP contribution in [0, 0.1) is 0 Å². The number of ether oxygens (including phenoxy) is 1. The number of unbranched alkanes of at least 4 members (excludes halogenated alkanes) is 4. The lowest BCUT2D eigenvalue weighted by Gasteiger charge is -2.11. The van der Waals surface area contributed by atoms with Gasteiger partial charge < -0.3 is 15.4 Å². The molecule has 0 saturated heterocycles. The first-order valence-electron chi connectivity index (χ1n) is 9.55. The van der Waals surface area contributed by atoms with Crippen LogP contribution in [0.25, 0.3) is 0 Å². The fourth-order valence-corrected chi connectivity index (χ4v) is 2.88. The summed E-state index contributed by atoms with van der Waals surface area (Å²) in [6.07, 6.45) is 6.10. The van der Waals surface area contributed by atoms with Crippen LogP contribution in [-0.2, 0) is 11.4 Å². The van der Waals surface area contributed by atoms with Crippen LogP contribution in [-0.4, -0.2) is 11.0 Å². The number of amides is 1. The summed E-state index contributed by atoms with van der Waals surface area (Å²) in [5, 5.41) is 6.09. The van der Waals surface area contributed by atoms with Crippen LogP contribution >= 0.6 is 12.2 Å². The van der Waals surface area contributed by atoms with Crippen molar-refractivity contribution in [1.82, 2.24) is 5.32 Å². The topological polar surface area (TPSA) is 50.4 Å². The summed E-state index contributed by atoms with van der Waals surface area (Å²) in [6.45, 7) is 2.68. The van der Waals surface area contributed by atoms with Crippen molar-refractivity contribution in [3.8, 4) is 5.75 Å². The first-order valence-corrected chi connectivity index (χ1v) is 9.96. The van der Waals surface area contributed by atoms with Crippen LogP contribution in [0.5, 0.6) is 5.75 Å². The minimum absolute atomic E-state index is 0.0412. The Morgan fingerprint density at radius 3 is 2.56 bits per heavy atom. The quantitative estimate of drug-likeness (QED) is 0.423. The molecule has 27 heavy (non-hydrogen) atoms. The summed E-state index contributed by atoms with van der Waals surface area (Å²) in [6, 6.07) is 17.5. The maximum absolute atomic E-state index is 11.9. The van der Waals surface area contributed by atoms with Crippen molar-refractivity contribution in [3.63, 3.8) is 0 Å². The van der Waals surface area contributed by atoms with Crippen molar-refractivity contribution in [2.45, 2.75) is 52.1 Å². The van der Waals surface area contributed by atoms with E-state index in [1.165, 1.54) is 19.3 Å². The number of carbonyl (C=O) groups is 1. The Labute approximate surface area is 167 Å². The predicted molar refractivity (Wildman–Crippen MR) is 115 cm³/mol. The predicted octanol–water partition coefficient (Wildman–Crippen LogP) is 5.44. The third-order valence-electron chi connectivity index (χ3n) is 4.10. The zero-order valence-electron chi connectivity index (χ0n) is 15.9. The first-order chi connectivity index (χ1) is 13.2. The fraction of sp³-hybridized carbons (Fsp3) is 0.364. The Morgan fingerprint density at radius 2 is 1.78 bits per heavy atom. The lowest BCUT2D eigenvalue weighted by Crippen LogP contribution is -2.33. The SMILES string of the molecule is CCCCCCCC(=O)NC(=S)Nc1cccc(OCc2ccccc2)c1. The molecule has 2 aromatic rings. The van der Waals surface area contributed by atoms with Crippen LogP contribution in [0.3, 0.4) is 0 Å².